The summed E-state index contributed by atoms with van der Waals surface area (Å²) in [5.74, 6) is -0.108. The molecule has 0 radical (unpaired) electrons. The fourth-order valence-corrected chi connectivity index (χ4v) is 3.47. The predicted molar refractivity (Wildman–Crippen MR) is 83.7 cm³/mol. The Bertz CT molecular complexity index is 830. The highest BCUT2D eigenvalue weighted by Crippen LogP contribution is 2.10. The molecule has 22 heavy (non-hydrogen) atoms. The molecule has 6 nitrogen and oxygen atoms in total. The maximum Gasteiger partial charge on any atom is 0.238 e. The Morgan fingerprint density at radius 3 is 1.95 bits per heavy atom. The standard InChI is InChI=1S/C14H16N2O4S2/c15-22(19,20)14-8-6-12(7-9-14)10-16-21(17,18)11-13-4-2-1-3-5-13/h1-9,16H,10-11H2,(H2,15,19,20). The first-order chi connectivity index (χ1) is 10.3. The average Bonchev–Trinajstić information content (AvgIpc) is 2.45. The smallest absolute Gasteiger partial charge is 0.225 e. The van der Waals surface area contributed by atoms with Gasteiger partial charge in [-0.2, -0.15) is 0 Å². The van der Waals surface area contributed by atoms with Gasteiger partial charge in [-0.05, 0) is 23.3 Å². The molecule has 0 atom stereocenters. The van der Waals surface area contributed by atoms with Gasteiger partial charge < -0.3 is 0 Å². The molecular weight excluding hydrogens is 324 g/mol. The maximum atomic E-state index is 12.0. The molecule has 0 aliphatic heterocycles. The lowest BCUT2D eigenvalue weighted by Gasteiger charge is -2.07. The van der Waals surface area contributed by atoms with Crippen molar-refractivity contribution in [2.75, 3.05) is 0 Å². The average molecular weight is 340 g/mol. The molecule has 2 aromatic rings. The monoisotopic (exact) mass is 340 g/mol. The number of hydrogen-bond donors (Lipinski definition) is 2. The molecule has 0 saturated carbocycles. The number of benzene rings is 2. The van der Waals surface area contributed by atoms with Crippen molar-refractivity contribution in [1.82, 2.24) is 4.72 Å². The zero-order chi connectivity index (χ0) is 16.2. The minimum absolute atomic E-state index is 0.0107. The quantitative estimate of drug-likeness (QED) is 0.816. The molecule has 0 fully saturated rings. The van der Waals surface area contributed by atoms with Crippen LogP contribution in [0.5, 0.6) is 0 Å². The molecule has 0 heterocycles. The molecule has 0 unspecified atom stereocenters. The van der Waals surface area contributed by atoms with Crippen molar-refractivity contribution in [2.24, 2.45) is 5.14 Å². The van der Waals surface area contributed by atoms with E-state index in [0.717, 1.165) is 0 Å². The van der Waals surface area contributed by atoms with Crippen LogP contribution in [0.2, 0.25) is 0 Å². The molecule has 0 aromatic heterocycles. The molecule has 0 amide bonds. The topological polar surface area (TPSA) is 106 Å². The van der Waals surface area contributed by atoms with Gasteiger partial charge in [0, 0.05) is 6.54 Å². The van der Waals surface area contributed by atoms with E-state index in [1.54, 1.807) is 24.3 Å². The van der Waals surface area contributed by atoms with Crippen molar-refractivity contribution in [2.45, 2.75) is 17.2 Å². The fraction of sp³-hybridized carbons (Fsp3) is 0.143. The minimum atomic E-state index is -3.74. The zero-order valence-corrected chi connectivity index (χ0v) is 13.3. The SMILES string of the molecule is NS(=O)(=O)c1ccc(CNS(=O)(=O)Cc2ccccc2)cc1. The van der Waals surface area contributed by atoms with E-state index >= 15 is 0 Å². The van der Waals surface area contributed by atoms with Crippen LogP contribution in [0, 0.1) is 0 Å². The van der Waals surface area contributed by atoms with Crippen molar-refractivity contribution in [3.05, 3.63) is 65.7 Å². The summed E-state index contributed by atoms with van der Waals surface area (Å²) in [5, 5.41) is 5.00. The Labute approximate surface area is 130 Å². The van der Waals surface area contributed by atoms with Crippen molar-refractivity contribution in [1.29, 1.82) is 0 Å². The van der Waals surface area contributed by atoms with Crippen LogP contribution in [0.15, 0.2) is 59.5 Å². The van der Waals surface area contributed by atoms with Gasteiger partial charge in [0.1, 0.15) is 0 Å². The van der Waals surface area contributed by atoms with Gasteiger partial charge in [0.15, 0.2) is 0 Å². The van der Waals surface area contributed by atoms with E-state index in [9.17, 15) is 16.8 Å². The van der Waals surface area contributed by atoms with Crippen LogP contribution < -0.4 is 9.86 Å². The molecule has 2 rings (SSSR count). The van der Waals surface area contributed by atoms with E-state index in [1.165, 1.54) is 24.3 Å². The van der Waals surface area contributed by atoms with Gasteiger partial charge in [0.25, 0.3) is 0 Å². The van der Waals surface area contributed by atoms with Crippen LogP contribution in [-0.4, -0.2) is 16.8 Å². The van der Waals surface area contributed by atoms with E-state index in [1.807, 2.05) is 6.07 Å². The summed E-state index contributed by atoms with van der Waals surface area (Å²) in [5.41, 5.74) is 1.34. The van der Waals surface area contributed by atoms with Gasteiger partial charge in [-0.25, -0.2) is 26.7 Å². The van der Waals surface area contributed by atoms with E-state index in [2.05, 4.69) is 4.72 Å². The van der Waals surface area contributed by atoms with Crippen LogP contribution in [-0.2, 0) is 32.3 Å². The third kappa shape index (κ3) is 4.92. The third-order valence-corrected chi connectivity index (χ3v) is 5.17. The predicted octanol–water partition coefficient (Wildman–Crippen LogP) is 0.954. The summed E-state index contributed by atoms with van der Waals surface area (Å²) in [6.45, 7) is 0.0834. The number of nitrogens with two attached hydrogens (primary N) is 1. The molecule has 0 aliphatic carbocycles. The maximum absolute atomic E-state index is 12.0. The lowest BCUT2D eigenvalue weighted by atomic mass is 10.2. The summed E-state index contributed by atoms with van der Waals surface area (Å²) < 4.78 is 48.7. The number of nitrogens with one attached hydrogen (secondary N) is 1. The second-order valence-corrected chi connectivity index (χ2v) is 8.12. The molecule has 118 valence electrons. The van der Waals surface area contributed by atoms with Crippen molar-refractivity contribution in [3.63, 3.8) is 0 Å². The Morgan fingerprint density at radius 1 is 0.818 bits per heavy atom. The van der Waals surface area contributed by atoms with Crippen LogP contribution in [0.3, 0.4) is 0 Å². The largest absolute Gasteiger partial charge is 0.238 e. The second-order valence-electron chi connectivity index (χ2n) is 4.75. The Morgan fingerprint density at radius 2 is 1.41 bits per heavy atom. The van der Waals surface area contributed by atoms with E-state index in [0.29, 0.717) is 11.1 Å². The highest BCUT2D eigenvalue weighted by atomic mass is 32.2. The molecule has 0 bridgehead atoms. The Kier molecular flexibility index (Phi) is 4.97. The van der Waals surface area contributed by atoms with Gasteiger partial charge in [-0.1, -0.05) is 42.5 Å². The highest BCUT2D eigenvalue weighted by Gasteiger charge is 2.12. The third-order valence-electron chi connectivity index (χ3n) is 2.95. The Balaban J connectivity index is 2.00. The molecular formula is C14H16N2O4S2. The van der Waals surface area contributed by atoms with E-state index in [4.69, 9.17) is 5.14 Å². The molecule has 8 heteroatoms. The lowest BCUT2D eigenvalue weighted by molar-refractivity contribution is 0.580. The summed E-state index contributed by atoms with van der Waals surface area (Å²) >= 11 is 0. The molecule has 0 spiro atoms. The van der Waals surface area contributed by atoms with Crippen LogP contribution in [0.4, 0.5) is 0 Å². The number of rotatable bonds is 6. The lowest BCUT2D eigenvalue weighted by Crippen LogP contribution is -2.24. The Hall–Kier alpha value is -1.74. The molecule has 0 aliphatic rings. The number of hydrogen-bond acceptors (Lipinski definition) is 4. The summed E-state index contributed by atoms with van der Waals surface area (Å²) in [6, 6.07) is 14.6. The van der Waals surface area contributed by atoms with Gasteiger partial charge in [-0.3, -0.25) is 0 Å². The summed E-state index contributed by atoms with van der Waals surface area (Å²) in [7, 11) is -7.21. The van der Waals surface area contributed by atoms with Gasteiger partial charge in [-0.15, -0.1) is 0 Å². The van der Waals surface area contributed by atoms with Crippen molar-refractivity contribution in [3.8, 4) is 0 Å². The second kappa shape index (κ2) is 6.57. The molecule has 2 aromatic carbocycles. The molecule has 0 saturated heterocycles. The highest BCUT2D eigenvalue weighted by molar-refractivity contribution is 7.89. The number of sulfonamides is 2. The molecule has 3 N–H and O–H groups in total. The first-order valence-corrected chi connectivity index (χ1v) is 9.59. The normalized spacial score (nSPS) is 12.2. The number of primary sulfonamides is 1. The van der Waals surface area contributed by atoms with Gasteiger partial charge in [0.05, 0.1) is 10.6 Å². The summed E-state index contributed by atoms with van der Waals surface area (Å²) in [6.07, 6.45) is 0. The van der Waals surface area contributed by atoms with Gasteiger partial charge >= 0.3 is 0 Å². The minimum Gasteiger partial charge on any atom is -0.225 e. The first-order valence-electron chi connectivity index (χ1n) is 6.39. The zero-order valence-electron chi connectivity index (χ0n) is 11.6. The van der Waals surface area contributed by atoms with Crippen LogP contribution >= 0.6 is 0 Å². The van der Waals surface area contributed by atoms with Crippen molar-refractivity contribution >= 4 is 20.0 Å². The van der Waals surface area contributed by atoms with E-state index < -0.39 is 20.0 Å². The van der Waals surface area contributed by atoms with Crippen molar-refractivity contribution < 1.29 is 16.8 Å². The van der Waals surface area contributed by atoms with Crippen LogP contribution in [0.1, 0.15) is 11.1 Å². The van der Waals surface area contributed by atoms with Gasteiger partial charge in [0.2, 0.25) is 20.0 Å². The summed E-state index contributed by atoms with van der Waals surface area (Å²) in [4.78, 5) is -0.0107. The van der Waals surface area contributed by atoms with Crippen LogP contribution in [0.25, 0.3) is 0 Å². The fourth-order valence-electron chi connectivity index (χ4n) is 1.83. The van der Waals surface area contributed by atoms with E-state index in [-0.39, 0.29) is 17.2 Å². The first kappa shape index (κ1) is 16.6.